The lowest BCUT2D eigenvalue weighted by molar-refractivity contribution is 0.286. The van der Waals surface area contributed by atoms with Crippen molar-refractivity contribution < 1.29 is 9.47 Å². The highest BCUT2D eigenvalue weighted by atomic mass is 35.5. The summed E-state index contributed by atoms with van der Waals surface area (Å²) >= 11 is 6.49. The van der Waals surface area contributed by atoms with E-state index in [2.05, 4.69) is 19.2 Å². The maximum atomic E-state index is 6.49. The van der Waals surface area contributed by atoms with E-state index in [9.17, 15) is 0 Å². The van der Waals surface area contributed by atoms with Crippen molar-refractivity contribution in [2.45, 2.75) is 46.6 Å². The Balaban J connectivity index is 3.24. The van der Waals surface area contributed by atoms with Gasteiger partial charge in [-0.2, -0.15) is 0 Å². The molecular weight excluding hydrogens is 286 g/mol. The first-order valence-corrected chi connectivity index (χ1v) is 8.26. The van der Waals surface area contributed by atoms with E-state index in [4.69, 9.17) is 21.1 Å². The molecule has 0 saturated carbocycles. The monoisotopic (exact) mass is 313 g/mol. The summed E-state index contributed by atoms with van der Waals surface area (Å²) in [6.45, 7) is 9.56. The van der Waals surface area contributed by atoms with Crippen LogP contribution in [0.25, 0.3) is 0 Å². The van der Waals surface area contributed by atoms with Gasteiger partial charge in [0.15, 0.2) is 11.5 Å². The molecule has 3 nitrogen and oxygen atoms in total. The molecule has 1 unspecified atom stereocenters. The summed E-state index contributed by atoms with van der Waals surface area (Å²) in [5.74, 6) is 2.03. The molecule has 0 aliphatic heterocycles. The topological polar surface area (TPSA) is 30.5 Å². The standard InChI is InChI=1S/C17H28ClNO2/c1-6-12(7-2)17(19-5)13-10-15(20-8-3)16(21-9-4)11-14(13)18/h10-12,17,19H,6-9H2,1-5H3. The molecule has 1 aromatic carbocycles. The third-order valence-corrected chi connectivity index (χ3v) is 4.16. The Bertz CT molecular complexity index is 433. The van der Waals surface area contributed by atoms with Gasteiger partial charge >= 0.3 is 0 Å². The van der Waals surface area contributed by atoms with Crippen LogP contribution in [0.1, 0.15) is 52.1 Å². The largest absolute Gasteiger partial charge is 0.490 e. The summed E-state index contributed by atoms with van der Waals surface area (Å²) in [6.07, 6.45) is 2.21. The van der Waals surface area contributed by atoms with Crippen molar-refractivity contribution in [2.24, 2.45) is 5.92 Å². The van der Waals surface area contributed by atoms with E-state index in [0.717, 1.165) is 29.2 Å². The number of hydrogen-bond acceptors (Lipinski definition) is 3. The zero-order valence-electron chi connectivity index (χ0n) is 13.8. The Kier molecular flexibility index (Phi) is 7.91. The molecule has 1 N–H and O–H groups in total. The van der Waals surface area contributed by atoms with Gasteiger partial charge in [0, 0.05) is 17.1 Å². The van der Waals surface area contributed by atoms with Gasteiger partial charge in [0.25, 0.3) is 0 Å². The van der Waals surface area contributed by atoms with E-state index < -0.39 is 0 Å². The van der Waals surface area contributed by atoms with Crippen LogP contribution >= 0.6 is 11.6 Å². The lowest BCUT2D eigenvalue weighted by Crippen LogP contribution is -2.25. The molecule has 0 radical (unpaired) electrons. The normalized spacial score (nSPS) is 12.5. The average molecular weight is 314 g/mol. The van der Waals surface area contributed by atoms with Gasteiger partial charge in [-0.3, -0.25) is 0 Å². The third-order valence-electron chi connectivity index (χ3n) is 3.83. The first-order valence-electron chi connectivity index (χ1n) is 7.88. The summed E-state index contributed by atoms with van der Waals surface area (Å²) < 4.78 is 11.3. The molecule has 0 bridgehead atoms. The van der Waals surface area contributed by atoms with Crippen LogP contribution in [-0.4, -0.2) is 20.3 Å². The molecule has 4 heteroatoms. The van der Waals surface area contributed by atoms with Gasteiger partial charge < -0.3 is 14.8 Å². The lowest BCUT2D eigenvalue weighted by Gasteiger charge is -2.27. The summed E-state index contributed by atoms with van der Waals surface area (Å²) in [7, 11) is 1.98. The lowest BCUT2D eigenvalue weighted by atomic mass is 9.88. The van der Waals surface area contributed by atoms with Crippen molar-refractivity contribution in [3.63, 3.8) is 0 Å². The zero-order valence-corrected chi connectivity index (χ0v) is 14.6. The van der Waals surface area contributed by atoms with Gasteiger partial charge in [-0.1, -0.05) is 38.3 Å². The zero-order chi connectivity index (χ0) is 15.8. The molecule has 0 spiro atoms. The number of ether oxygens (including phenoxy) is 2. The highest BCUT2D eigenvalue weighted by molar-refractivity contribution is 6.31. The molecule has 0 aliphatic carbocycles. The molecule has 1 rings (SSSR count). The Morgan fingerprint density at radius 1 is 1.00 bits per heavy atom. The van der Waals surface area contributed by atoms with E-state index >= 15 is 0 Å². The van der Waals surface area contributed by atoms with Crippen molar-refractivity contribution in [3.05, 3.63) is 22.7 Å². The molecule has 0 aromatic heterocycles. The number of hydrogen-bond donors (Lipinski definition) is 1. The molecule has 1 atom stereocenters. The first-order chi connectivity index (χ1) is 10.1. The quantitative estimate of drug-likeness (QED) is 0.708. The molecule has 0 heterocycles. The maximum Gasteiger partial charge on any atom is 0.162 e. The van der Waals surface area contributed by atoms with Crippen LogP contribution in [0.3, 0.4) is 0 Å². The second-order valence-electron chi connectivity index (χ2n) is 5.03. The Hall–Kier alpha value is -0.930. The van der Waals surface area contributed by atoms with E-state index in [0.29, 0.717) is 24.9 Å². The molecule has 0 fully saturated rings. The average Bonchev–Trinajstić information content (AvgIpc) is 2.48. The van der Waals surface area contributed by atoms with Crippen molar-refractivity contribution in [2.75, 3.05) is 20.3 Å². The predicted molar refractivity (Wildman–Crippen MR) is 89.7 cm³/mol. The van der Waals surface area contributed by atoms with E-state index in [-0.39, 0.29) is 6.04 Å². The first kappa shape index (κ1) is 18.1. The van der Waals surface area contributed by atoms with Crippen LogP contribution in [0.15, 0.2) is 12.1 Å². The minimum atomic E-state index is 0.224. The fourth-order valence-corrected chi connectivity index (χ4v) is 3.00. The van der Waals surface area contributed by atoms with Gasteiger partial charge in [0.1, 0.15) is 0 Å². The molecule has 21 heavy (non-hydrogen) atoms. The number of halogens is 1. The van der Waals surface area contributed by atoms with Gasteiger partial charge in [-0.15, -0.1) is 0 Å². The third kappa shape index (κ3) is 4.52. The second-order valence-corrected chi connectivity index (χ2v) is 5.44. The van der Waals surface area contributed by atoms with Gasteiger partial charge in [-0.25, -0.2) is 0 Å². The van der Waals surface area contributed by atoms with Crippen LogP contribution in [0, 0.1) is 5.92 Å². The highest BCUT2D eigenvalue weighted by Crippen LogP contribution is 2.39. The Morgan fingerprint density at radius 3 is 1.95 bits per heavy atom. The Morgan fingerprint density at radius 2 is 1.52 bits per heavy atom. The van der Waals surface area contributed by atoms with Crippen LogP contribution < -0.4 is 14.8 Å². The number of benzene rings is 1. The maximum absolute atomic E-state index is 6.49. The van der Waals surface area contributed by atoms with Gasteiger partial charge in [0.05, 0.1) is 13.2 Å². The highest BCUT2D eigenvalue weighted by Gasteiger charge is 2.23. The minimum absolute atomic E-state index is 0.224. The SMILES string of the molecule is CCOc1cc(Cl)c(C(NC)C(CC)CC)cc1OCC. The van der Waals surface area contributed by atoms with Crippen LogP contribution in [-0.2, 0) is 0 Å². The fourth-order valence-electron chi connectivity index (χ4n) is 2.73. The van der Waals surface area contributed by atoms with E-state index in [1.165, 1.54) is 0 Å². The summed E-state index contributed by atoms with van der Waals surface area (Å²) in [5.41, 5.74) is 1.08. The van der Waals surface area contributed by atoms with Crippen LogP contribution in [0.5, 0.6) is 11.5 Å². The van der Waals surface area contributed by atoms with Gasteiger partial charge in [-0.05, 0) is 38.4 Å². The molecule has 0 saturated heterocycles. The number of rotatable bonds is 9. The van der Waals surface area contributed by atoms with Crippen LogP contribution in [0.2, 0.25) is 5.02 Å². The smallest absolute Gasteiger partial charge is 0.162 e. The molecule has 0 aliphatic rings. The second kappa shape index (κ2) is 9.16. The molecule has 1 aromatic rings. The fraction of sp³-hybridized carbons (Fsp3) is 0.647. The van der Waals surface area contributed by atoms with Crippen molar-refractivity contribution in [1.29, 1.82) is 0 Å². The molecule has 0 amide bonds. The number of nitrogens with one attached hydrogen (secondary N) is 1. The predicted octanol–water partition coefficient (Wildman–Crippen LogP) is 4.83. The molecule has 120 valence electrons. The minimum Gasteiger partial charge on any atom is -0.490 e. The van der Waals surface area contributed by atoms with Crippen molar-refractivity contribution in [3.8, 4) is 11.5 Å². The van der Waals surface area contributed by atoms with Crippen LogP contribution in [0.4, 0.5) is 0 Å². The van der Waals surface area contributed by atoms with E-state index in [1.807, 2.05) is 33.0 Å². The van der Waals surface area contributed by atoms with E-state index in [1.54, 1.807) is 0 Å². The summed E-state index contributed by atoms with van der Waals surface area (Å²) in [6, 6.07) is 4.12. The summed E-state index contributed by atoms with van der Waals surface area (Å²) in [4.78, 5) is 0. The van der Waals surface area contributed by atoms with Crippen molar-refractivity contribution >= 4 is 11.6 Å². The Labute approximate surface area is 134 Å². The van der Waals surface area contributed by atoms with Gasteiger partial charge in [0.2, 0.25) is 0 Å². The summed E-state index contributed by atoms with van der Waals surface area (Å²) in [5, 5.41) is 4.13. The molecular formula is C17H28ClNO2. The van der Waals surface area contributed by atoms with Crippen molar-refractivity contribution in [1.82, 2.24) is 5.32 Å².